The first-order valence-electron chi connectivity index (χ1n) is 10.3. The number of nitrogens with one attached hydrogen (secondary N) is 1. The zero-order valence-corrected chi connectivity index (χ0v) is 19.0. The summed E-state index contributed by atoms with van der Waals surface area (Å²) in [7, 11) is -3.30. The van der Waals surface area contributed by atoms with E-state index in [-0.39, 0.29) is 6.04 Å². The first-order valence-corrected chi connectivity index (χ1v) is 12.2. The molecule has 1 aliphatic heterocycles. The summed E-state index contributed by atoms with van der Waals surface area (Å²) in [5, 5.41) is 14.0. The maximum Gasteiger partial charge on any atom is 0.175 e. The summed E-state index contributed by atoms with van der Waals surface area (Å²) in [5.41, 5.74) is 2.45. The molecule has 1 saturated heterocycles. The first-order chi connectivity index (χ1) is 14.8. The van der Waals surface area contributed by atoms with Crippen LogP contribution in [0.3, 0.4) is 0 Å². The van der Waals surface area contributed by atoms with Crippen molar-refractivity contribution in [2.45, 2.75) is 31.7 Å². The maximum absolute atomic E-state index is 12.1. The van der Waals surface area contributed by atoms with Crippen LogP contribution in [-0.4, -0.2) is 56.2 Å². The number of rotatable bonds is 5. The Morgan fingerprint density at radius 1 is 1.13 bits per heavy atom. The molecule has 2 aromatic heterocycles. The number of benzene rings is 1. The van der Waals surface area contributed by atoms with E-state index >= 15 is 0 Å². The van der Waals surface area contributed by atoms with Crippen LogP contribution < -0.4 is 10.2 Å². The third-order valence-electron chi connectivity index (χ3n) is 5.71. The van der Waals surface area contributed by atoms with Crippen LogP contribution in [0.15, 0.2) is 35.4 Å². The Morgan fingerprint density at radius 3 is 2.58 bits per heavy atom. The molecule has 0 saturated carbocycles. The third-order valence-corrected chi connectivity index (χ3v) is 6.96. The number of nitrogens with zero attached hydrogens (tertiary/aromatic N) is 4. The first kappa shape index (κ1) is 21.5. The number of ether oxygens (including phenoxy) is 1. The van der Waals surface area contributed by atoms with Crippen LogP contribution in [0.2, 0.25) is 0 Å². The van der Waals surface area contributed by atoms with Crippen molar-refractivity contribution in [1.29, 1.82) is 0 Å². The number of morpholine rings is 1. The van der Waals surface area contributed by atoms with Crippen molar-refractivity contribution in [3.8, 4) is 0 Å². The SMILES string of the molecule is Cc1c([C@@H](C)Nc2nnc(C)c3cnc(N4CCOCC4)cc23)cccc1S(C)(=O)=O. The summed E-state index contributed by atoms with van der Waals surface area (Å²) in [6.07, 6.45) is 3.08. The fraction of sp³-hybridized carbons (Fsp3) is 0.409. The van der Waals surface area contributed by atoms with E-state index in [4.69, 9.17) is 4.74 Å². The summed E-state index contributed by atoms with van der Waals surface area (Å²) in [4.78, 5) is 7.18. The van der Waals surface area contributed by atoms with Crippen LogP contribution in [0.1, 0.15) is 29.8 Å². The molecule has 0 aliphatic carbocycles. The van der Waals surface area contributed by atoms with Crippen molar-refractivity contribution in [3.05, 3.63) is 47.3 Å². The van der Waals surface area contributed by atoms with Gasteiger partial charge in [-0.15, -0.1) is 5.10 Å². The second-order valence-corrected chi connectivity index (χ2v) is 9.91. The van der Waals surface area contributed by atoms with Crippen molar-refractivity contribution in [2.75, 3.05) is 42.8 Å². The quantitative estimate of drug-likeness (QED) is 0.645. The highest BCUT2D eigenvalue weighted by molar-refractivity contribution is 7.90. The number of sulfone groups is 1. The van der Waals surface area contributed by atoms with Crippen LogP contribution in [-0.2, 0) is 14.6 Å². The molecule has 1 atom stereocenters. The number of pyridine rings is 1. The topological polar surface area (TPSA) is 97.3 Å². The lowest BCUT2D eigenvalue weighted by Gasteiger charge is -2.28. The van der Waals surface area contributed by atoms with E-state index in [0.29, 0.717) is 23.9 Å². The van der Waals surface area contributed by atoms with E-state index in [1.54, 1.807) is 12.1 Å². The van der Waals surface area contributed by atoms with Gasteiger partial charge >= 0.3 is 0 Å². The summed E-state index contributed by atoms with van der Waals surface area (Å²) < 4.78 is 29.7. The molecule has 0 amide bonds. The normalized spacial score (nSPS) is 15.8. The Morgan fingerprint density at radius 2 is 1.87 bits per heavy atom. The van der Waals surface area contributed by atoms with Gasteiger partial charge in [0.15, 0.2) is 15.7 Å². The third kappa shape index (κ3) is 4.33. The Hall–Kier alpha value is -2.78. The molecule has 1 aromatic carbocycles. The molecule has 3 heterocycles. The number of aryl methyl sites for hydroxylation is 1. The van der Waals surface area contributed by atoms with Crippen LogP contribution in [0.4, 0.5) is 11.6 Å². The Labute approximate surface area is 182 Å². The minimum Gasteiger partial charge on any atom is -0.378 e. The standard InChI is InChI=1S/C22H27N5O3S/c1-14-17(6-5-7-20(14)31(4,28)29)15(2)24-22-18-12-21(27-8-10-30-11-9-27)23-13-19(18)16(3)25-26-22/h5-7,12-13,15H,8-11H2,1-4H3,(H,24,26)/t15-/m1/s1. The highest BCUT2D eigenvalue weighted by Gasteiger charge is 2.19. The fourth-order valence-electron chi connectivity index (χ4n) is 4.02. The molecule has 9 heteroatoms. The Kier molecular flexibility index (Phi) is 5.81. The van der Waals surface area contributed by atoms with Crippen molar-refractivity contribution in [3.63, 3.8) is 0 Å². The van der Waals surface area contributed by atoms with Crippen LogP contribution in [0, 0.1) is 13.8 Å². The Balaban J connectivity index is 1.72. The number of aromatic nitrogens is 3. The molecule has 31 heavy (non-hydrogen) atoms. The van der Waals surface area contributed by atoms with E-state index in [1.807, 2.05) is 39.1 Å². The number of fused-ring (bicyclic) bond motifs is 1. The van der Waals surface area contributed by atoms with Gasteiger partial charge in [0.2, 0.25) is 0 Å². The van der Waals surface area contributed by atoms with E-state index < -0.39 is 9.84 Å². The highest BCUT2D eigenvalue weighted by Crippen LogP contribution is 2.31. The molecular formula is C22H27N5O3S. The molecule has 1 fully saturated rings. The minimum absolute atomic E-state index is 0.165. The van der Waals surface area contributed by atoms with Gasteiger partial charge < -0.3 is 15.0 Å². The van der Waals surface area contributed by atoms with Gasteiger partial charge in [0.1, 0.15) is 5.82 Å². The summed E-state index contributed by atoms with van der Waals surface area (Å²) in [6, 6.07) is 7.23. The summed E-state index contributed by atoms with van der Waals surface area (Å²) >= 11 is 0. The number of hydrogen-bond acceptors (Lipinski definition) is 8. The summed E-state index contributed by atoms with van der Waals surface area (Å²) in [6.45, 7) is 8.71. The monoisotopic (exact) mass is 441 g/mol. The molecule has 164 valence electrons. The molecule has 3 aromatic rings. The summed E-state index contributed by atoms with van der Waals surface area (Å²) in [5.74, 6) is 1.53. The van der Waals surface area contributed by atoms with E-state index in [0.717, 1.165) is 46.5 Å². The van der Waals surface area contributed by atoms with Crippen molar-refractivity contribution in [1.82, 2.24) is 15.2 Å². The Bertz CT molecular complexity index is 1220. The molecule has 1 N–H and O–H groups in total. The van der Waals surface area contributed by atoms with Gasteiger partial charge in [-0.3, -0.25) is 0 Å². The van der Waals surface area contributed by atoms with Gasteiger partial charge in [-0.1, -0.05) is 12.1 Å². The molecule has 0 bridgehead atoms. The number of anilines is 2. The zero-order valence-electron chi connectivity index (χ0n) is 18.2. The molecule has 1 aliphatic rings. The lowest BCUT2D eigenvalue weighted by Crippen LogP contribution is -2.36. The largest absolute Gasteiger partial charge is 0.378 e. The predicted octanol–water partition coefficient (Wildman–Crippen LogP) is 3.05. The second-order valence-electron chi connectivity index (χ2n) is 7.93. The zero-order chi connectivity index (χ0) is 22.2. The lowest BCUT2D eigenvalue weighted by atomic mass is 10.0. The molecule has 4 rings (SSSR count). The average Bonchev–Trinajstić information content (AvgIpc) is 2.75. The van der Waals surface area contributed by atoms with Crippen molar-refractivity contribution in [2.24, 2.45) is 0 Å². The molecule has 0 spiro atoms. The van der Waals surface area contributed by atoms with Crippen LogP contribution in [0.5, 0.6) is 0 Å². The number of hydrogen-bond donors (Lipinski definition) is 1. The molecule has 0 radical (unpaired) electrons. The molecule has 0 unspecified atom stereocenters. The van der Waals surface area contributed by atoms with Gasteiger partial charge in [0.25, 0.3) is 0 Å². The fourth-order valence-corrected chi connectivity index (χ4v) is 5.02. The van der Waals surface area contributed by atoms with Gasteiger partial charge in [0, 0.05) is 36.3 Å². The molecule has 8 nitrogen and oxygen atoms in total. The van der Waals surface area contributed by atoms with Gasteiger partial charge in [-0.25, -0.2) is 13.4 Å². The average molecular weight is 442 g/mol. The maximum atomic E-state index is 12.1. The van der Waals surface area contributed by atoms with E-state index in [1.165, 1.54) is 6.26 Å². The molecular weight excluding hydrogens is 414 g/mol. The van der Waals surface area contributed by atoms with Gasteiger partial charge in [0.05, 0.1) is 29.8 Å². The van der Waals surface area contributed by atoms with E-state index in [9.17, 15) is 8.42 Å². The van der Waals surface area contributed by atoms with Crippen LogP contribution in [0.25, 0.3) is 10.8 Å². The lowest BCUT2D eigenvalue weighted by molar-refractivity contribution is 0.122. The second kappa shape index (κ2) is 8.39. The van der Waals surface area contributed by atoms with Crippen molar-refractivity contribution >= 4 is 32.2 Å². The van der Waals surface area contributed by atoms with Crippen molar-refractivity contribution < 1.29 is 13.2 Å². The smallest absolute Gasteiger partial charge is 0.175 e. The van der Waals surface area contributed by atoms with Gasteiger partial charge in [-0.05, 0) is 44.0 Å². The minimum atomic E-state index is -3.30. The highest BCUT2D eigenvalue weighted by atomic mass is 32.2. The van der Waals surface area contributed by atoms with Crippen LogP contribution >= 0.6 is 0 Å². The van der Waals surface area contributed by atoms with Gasteiger partial charge in [-0.2, -0.15) is 5.10 Å². The van der Waals surface area contributed by atoms with E-state index in [2.05, 4.69) is 25.4 Å². The predicted molar refractivity (Wildman–Crippen MR) is 121 cm³/mol.